The monoisotopic (exact) mass is 346 g/mol. The third kappa shape index (κ3) is 3.27. The Morgan fingerprint density at radius 2 is 1.04 bits per heavy atom. The molecule has 1 saturated carbocycles. The van der Waals surface area contributed by atoms with Crippen molar-refractivity contribution in [2.75, 3.05) is 10.6 Å². The first-order valence-electron chi connectivity index (χ1n) is 9.12. The van der Waals surface area contributed by atoms with Crippen LogP contribution in [0.5, 0.6) is 0 Å². The van der Waals surface area contributed by atoms with E-state index in [9.17, 15) is 9.59 Å². The summed E-state index contributed by atoms with van der Waals surface area (Å²) in [5.41, 5.74) is 1.54. The Balaban J connectivity index is 1.56. The number of amides is 2. The third-order valence-electron chi connectivity index (χ3n) is 5.44. The van der Waals surface area contributed by atoms with Gasteiger partial charge in [0.1, 0.15) is 0 Å². The molecule has 5 rings (SSSR count). The smallest absolute Gasteiger partial charge is 0.228 e. The Bertz CT molecular complexity index is 747. The zero-order valence-corrected chi connectivity index (χ0v) is 14.5. The summed E-state index contributed by atoms with van der Waals surface area (Å²) in [6.45, 7) is 0. The van der Waals surface area contributed by atoms with Crippen LogP contribution in [0.4, 0.5) is 11.4 Å². The SMILES string of the molecule is O=C(Nc1ccccc1)C1C2C=CC(CC2)C1C(=O)Nc1ccccc1. The highest BCUT2D eigenvalue weighted by Gasteiger charge is 2.48. The molecular weight excluding hydrogens is 324 g/mol. The van der Waals surface area contributed by atoms with Gasteiger partial charge in [0.25, 0.3) is 0 Å². The molecule has 2 amide bonds. The summed E-state index contributed by atoms with van der Waals surface area (Å²) >= 11 is 0. The van der Waals surface area contributed by atoms with Crippen LogP contribution in [0.3, 0.4) is 0 Å². The maximum absolute atomic E-state index is 13.0. The number of benzene rings is 2. The van der Waals surface area contributed by atoms with Gasteiger partial charge in [-0.15, -0.1) is 0 Å². The predicted molar refractivity (Wildman–Crippen MR) is 102 cm³/mol. The molecule has 26 heavy (non-hydrogen) atoms. The second-order valence-corrected chi connectivity index (χ2v) is 7.05. The molecule has 2 bridgehead atoms. The average Bonchev–Trinajstić information content (AvgIpc) is 2.69. The van der Waals surface area contributed by atoms with Crippen molar-refractivity contribution in [2.24, 2.45) is 23.7 Å². The quantitative estimate of drug-likeness (QED) is 0.819. The molecule has 4 heteroatoms. The fourth-order valence-electron chi connectivity index (χ4n) is 4.20. The fraction of sp³-hybridized carbons (Fsp3) is 0.273. The molecule has 0 heterocycles. The molecule has 3 aliphatic rings. The van der Waals surface area contributed by atoms with Gasteiger partial charge in [-0.25, -0.2) is 0 Å². The van der Waals surface area contributed by atoms with Crippen LogP contribution in [0.1, 0.15) is 12.8 Å². The molecule has 0 radical (unpaired) electrons. The topological polar surface area (TPSA) is 58.2 Å². The minimum absolute atomic E-state index is 0.0662. The van der Waals surface area contributed by atoms with Crippen LogP contribution in [0.15, 0.2) is 72.8 Å². The van der Waals surface area contributed by atoms with Crippen molar-refractivity contribution in [3.8, 4) is 0 Å². The van der Waals surface area contributed by atoms with Crippen molar-refractivity contribution in [3.05, 3.63) is 72.8 Å². The van der Waals surface area contributed by atoms with Gasteiger partial charge in [0.2, 0.25) is 11.8 Å². The number of hydrogen-bond donors (Lipinski definition) is 2. The van der Waals surface area contributed by atoms with Gasteiger partial charge in [0.15, 0.2) is 0 Å². The number of carbonyl (C=O) groups excluding carboxylic acids is 2. The standard InChI is InChI=1S/C22H22N2O2/c25-21(23-17-7-3-1-4-8-17)19-15-11-13-16(14-12-15)20(19)22(26)24-18-9-5-2-6-10-18/h1-11,13,15-16,19-20H,12,14H2,(H,23,25)(H,24,26). The summed E-state index contributed by atoms with van der Waals surface area (Å²) in [7, 11) is 0. The van der Waals surface area contributed by atoms with E-state index in [-0.39, 0.29) is 35.5 Å². The van der Waals surface area contributed by atoms with Gasteiger partial charge in [0.05, 0.1) is 11.8 Å². The van der Waals surface area contributed by atoms with Crippen molar-refractivity contribution >= 4 is 23.2 Å². The van der Waals surface area contributed by atoms with E-state index in [1.54, 1.807) is 0 Å². The summed E-state index contributed by atoms with van der Waals surface area (Å²) in [4.78, 5) is 26.0. The Morgan fingerprint density at radius 3 is 1.38 bits per heavy atom. The molecule has 3 aliphatic carbocycles. The molecule has 2 N–H and O–H groups in total. The van der Waals surface area contributed by atoms with Crippen LogP contribution in [-0.4, -0.2) is 11.8 Å². The highest BCUT2D eigenvalue weighted by Crippen LogP contribution is 2.45. The summed E-state index contributed by atoms with van der Waals surface area (Å²) in [5, 5.41) is 5.98. The number of hydrogen-bond acceptors (Lipinski definition) is 2. The lowest BCUT2D eigenvalue weighted by Crippen LogP contribution is -2.48. The number of para-hydroxylation sites is 2. The highest BCUT2D eigenvalue weighted by molar-refractivity contribution is 6.00. The van der Waals surface area contributed by atoms with E-state index < -0.39 is 0 Å². The van der Waals surface area contributed by atoms with Crippen LogP contribution in [-0.2, 0) is 9.59 Å². The second-order valence-electron chi connectivity index (χ2n) is 7.05. The van der Waals surface area contributed by atoms with E-state index in [0.29, 0.717) is 0 Å². The van der Waals surface area contributed by atoms with Crippen molar-refractivity contribution in [1.82, 2.24) is 0 Å². The zero-order chi connectivity index (χ0) is 17.9. The van der Waals surface area contributed by atoms with E-state index in [1.807, 2.05) is 60.7 Å². The van der Waals surface area contributed by atoms with Gasteiger partial charge < -0.3 is 10.6 Å². The molecule has 2 aromatic rings. The molecule has 1 fully saturated rings. The molecule has 0 aromatic heterocycles. The van der Waals surface area contributed by atoms with E-state index in [4.69, 9.17) is 0 Å². The average molecular weight is 346 g/mol. The Kier molecular flexibility index (Phi) is 4.57. The van der Waals surface area contributed by atoms with Crippen LogP contribution >= 0.6 is 0 Å². The number of rotatable bonds is 4. The number of carbonyl (C=O) groups is 2. The third-order valence-corrected chi connectivity index (χ3v) is 5.44. The minimum Gasteiger partial charge on any atom is -0.326 e. The molecule has 0 spiro atoms. The first kappa shape index (κ1) is 16.6. The number of allylic oxidation sites excluding steroid dienone is 2. The van der Waals surface area contributed by atoms with E-state index in [0.717, 1.165) is 24.2 Å². The molecule has 4 atom stereocenters. The molecule has 4 nitrogen and oxygen atoms in total. The van der Waals surface area contributed by atoms with Crippen LogP contribution < -0.4 is 10.6 Å². The summed E-state index contributed by atoms with van der Waals surface area (Å²) < 4.78 is 0. The first-order valence-corrected chi connectivity index (χ1v) is 9.12. The number of fused-ring (bicyclic) bond motifs is 2. The second kappa shape index (κ2) is 7.16. The van der Waals surface area contributed by atoms with Crippen molar-refractivity contribution < 1.29 is 9.59 Å². The minimum atomic E-state index is -0.331. The molecule has 4 unspecified atom stereocenters. The summed E-state index contributed by atoms with van der Waals surface area (Å²) in [6, 6.07) is 18.9. The van der Waals surface area contributed by atoms with Crippen molar-refractivity contribution in [3.63, 3.8) is 0 Å². The maximum Gasteiger partial charge on any atom is 0.228 e. The Morgan fingerprint density at radius 1 is 0.654 bits per heavy atom. The summed E-state index contributed by atoms with van der Waals surface area (Å²) in [5.74, 6) is -0.553. The Labute approximate surface area is 153 Å². The van der Waals surface area contributed by atoms with E-state index in [2.05, 4.69) is 22.8 Å². The molecule has 0 aliphatic heterocycles. The van der Waals surface area contributed by atoms with Crippen molar-refractivity contribution in [1.29, 1.82) is 0 Å². The normalized spacial score (nSPS) is 26.3. The van der Waals surface area contributed by atoms with Gasteiger partial charge in [0, 0.05) is 11.4 Å². The van der Waals surface area contributed by atoms with Gasteiger partial charge in [-0.2, -0.15) is 0 Å². The number of nitrogens with one attached hydrogen (secondary N) is 2. The maximum atomic E-state index is 13.0. The molecule has 132 valence electrons. The van der Waals surface area contributed by atoms with Gasteiger partial charge >= 0.3 is 0 Å². The van der Waals surface area contributed by atoms with Crippen LogP contribution in [0.25, 0.3) is 0 Å². The highest BCUT2D eigenvalue weighted by atomic mass is 16.2. The van der Waals surface area contributed by atoms with Gasteiger partial charge in [-0.05, 0) is 48.9 Å². The lowest BCUT2D eigenvalue weighted by molar-refractivity contribution is -0.134. The lowest BCUT2D eigenvalue weighted by atomic mass is 9.61. The number of anilines is 2. The summed E-state index contributed by atoms with van der Waals surface area (Å²) in [6.07, 6.45) is 6.16. The van der Waals surface area contributed by atoms with Crippen molar-refractivity contribution in [2.45, 2.75) is 12.8 Å². The van der Waals surface area contributed by atoms with Gasteiger partial charge in [-0.1, -0.05) is 48.6 Å². The van der Waals surface area contributed by atoms with Crippen LogP contribution in [0, 0.1) is 23.7 Å². The zero-order valence-electron chi connectivity index (χ0n) is 14.5. The van der Waals surface area contributed by atoms with E-state index in [1.165, 1.54) is 0 Å². The lowest BCUT2D eigenvalue weighted by Gasteiger charge is -2.43. The Hall–Kier alpha value is -2.88. The largest absolute Gasteiger partial charge is 0.326 e. The van der Waals surface area contributed by atoms with E-state index >= 15 is 0 Å². The van der Waals surface area contributed by atoms with Gasteiger partial charge in [-0.3, -0.25) is 9.59 Å². The first-order chi connectivity index (χ1) is 12.7. The van der Waals surface area contributed by atoms with Crippen LogP contribution in [0.2, 0.25) is 0 Å². The predicted octanol–water partition coefficient (Wildman–Crippen LogP) is 4.09. The fourth-order valence-corrected chi connectivity index (χ4v) is 4.20. The molecule has 2 aromatic carbocycles. The molecule has 0 saturated heterocycles. The molecular formula is C22H22N2O2.